The molecule has 0 saturated heterocycles. The Balaban J connectivity index is 0.00000280. The van der Waals surface area contributed by atoms with Crippen molar-refractivity contribution < 1.29 is 13.2 Å². The molecule has 0 fully saturated rings. The van der Waals surface area contributed by atoms with E-state index in [4.69, 9.17) is 0 Å². The van der Waals surface area contributed by atoms with E-state index in [1.54, 1.807) is 7.05 Å². The summed E-state index contributed by atoms with van der Waals surface area (Å²) in [6.07, 6.45) is -3.43. The van der Waals surface area contributed by atoms with Crippen LogP contribution in [0.25, 0.3) is 5.65 Å². The number of nitrogens with zero attached hydrogens (tertiary/aromatic N) is 4. The van der Waals surface area contributed by atoms with E-state index >= 15 is 0 Å². The molecule has 0 aliphatic heterocycles. The van der Waals surface area contributed by atoms with E-state index in [0.717, 1.165) is 17.8 Å². The van der Waals surface area contributed by atoms with Crippen LogP contribution in [0.4, 0.5) is 13.2 Å². The van der Waals surface area contributed by atoms with Crippen LogP contribution in [-0.2, 0) is 12.7 Å². The molecular weight excluding hydrogens is 484 g/mol. The van der Waals surface area contributed by atoms with Crippen molar-refractivity contribution in [1.29, 1.82) is 0 Å². The van der Waals surface area contributed by atoms with Crippen LogP contribution in [0.3, 0.4) is 0 Å². The van der Waals surface area contributed by atoms with Gasteiger partial charge in [-0.2, -0.15) is 13.2 Å². The minimum absolute atomic E-state index is 0. The highest BCUT2D eigenvalue weighted by atomic mass is 127. The van der Waals surface area contributed by atoms with Crippen molar-refractivity contribution in [3.8, 4) is 0 Å². The minimum Gasteiger partial charge on any atom is -0.350 e. The zero-order valence-electron chi connectivity index (χ0n) is 15.2. The molecule has 0 spiro atoms. The van der Waals surface area contributed by atoms with Crippen LogP contribution in [0.5, 0.6) is 0 Å². The van der Waals surface area contributed by atoms with Gasteiger partial charge in [0, 0.05) is 13.2 Å². The Bertz CT molecular complexity index is 939. The Morgan fingerprint density at radius 2 is 1.86 bits per heavy atom. The van der Waals surface area contributed by atoms with Crippen LogP contribution in [0, 0.1) is 0 Å². The number of rotatable bonds is 4. The quantitative estimate of drug-likeness (QED) is 0.323. The molecule has 0 saturated carbocycles. The van der Waals surface area contributed by atoms with Gasteiger partial charge in [-0.1, -0.05) is 30.3 Å². The summed E-state index contributed by atoms with van der Waals surface area (Å²) >= 11 is 0. The summed E-state index contributed by atoms with van der Waals surface area (Å²) in [5.41, 5.74) is 0.680. The highest BCUT2D eigenvalue weighted by Crippen LogP contribution is 2.29. The van der Waals surface area contributed by atoms with Gasteiger partial charge < -0.3 is 10.6 Å². The van der Waals surface area contributed by atoms with Crippen molar-refractivity contribution in [2.45, 2.75) is 25.7 Å². The number of hydrogen-bond acceptors (Lipinski definition) is 3. The Morgan fingerprint density at radius 1 is 1.14 bits per heavy atom. The molecule has 3 aromatic rings. The molecule has 3 rings (SSSR count). The number of aliphatic imine (C=N–C) groups is 1. The van der Waals surface area contributed by atoms with E-state index in [9.17, 15) is 13.2 Å². The average molecular weight is 504 g/mol. The fourth-order valence-electron chi connectivity index (χ4n) is 2.61. The molecule has 0 radical (unpaired) electrons. The number of guanidine groups is 1. The Labute approximate surface area is 177 Å². The monoisotopic (exact) mass is 504 g/mol. The third-order valence-corrected chi connectivity index (χ3v) is 4.09. The largest absolute Gasteiger partial charge is 0.417 e. The first-order valence-electron chi connectivity index (χ1n) is 8.31. The highest BCUT2D eigenvalue weighted by Gasteiger charge is 2.31. The summed E-state index contributed by atoms with van der Waals surface area (Å²) < 4.78 is 40.1. The van der Waals surface area contributed by atoms with Gasteiger partial charge in [0.2, 0.25) is 0 Å². The van der Waals surface area contributed by atoms with Crippen molar-refractivity contribution in [3.05, 3.63) is 65.6 Å². The molecule has 1 unspecified atom stereocenters. The molecule has 28 heavy (non-hydrogen) atoms. The lowest BCUT2D eigenvalue weighted by molar-refractivity contribution is -0.137. The molecule has 10 heteroatoms. The molecule has 1 atom stereocenters. The zero-order chi connectivity index (χ0) is 19.4. The molecule has 0 aliphatic carbocycles. The number of halogens is 4. The van der Waals surface area contributed by atoms with E-state index in [0.29, 0.717) is 17.4 Å². The van der Waals surface area contributed by atoms with Gasteiger partial charge in [0.05, 0.1) is 18.2 Å². The minimum atomic E-state index is -4.42. The first-order chi connectivity index (χ1) is 12.9. The molecule has 0 amide bonds. The van der Waals surface area contributed by atoms with Crippen molar-refractivity contribution in [2.75, 3.05) is 7.05 Å². The summed E-state index contributed by atoms with van der Waals surface area (Å²) in [4.78, 5) is 4.15. The van der Waals surface area contributed by atoms with E-state index in [2.05, 4.69) is 25.8 Å². The summed E-state index contributed by atoms with van der Waals surface area (Å²) in [6, 6.07) is 12.1. The standard InChI is InChI=1S/C18H19F3N6.HI/c1-12(13-6-4-3-5-7-13)24-17(22-2)23-10-16-26-25-15-9-8-14(11-27(15)16)18(19,20)21;/h3-9,11-12H,10H2,1-2H3,(H2,22,23,24);1H. The third-order valence-electron chi connectivity index (χ3n) is 4.09. The third kappa shape index (κ3) is 5.12. The van der Waals surface area contributed by atoms with Crippen LogP contribution >= 0.6 is 24.0 Å². The SMILES string of the molecule is CN=C(NCc1nnc2ccc(C(F)(F)F)cn12)NC(C)c1ccccc1.I. The Morgan fingerprint density at radius 3 is 2.50 bits per heavy atom. The highest BCUT2D eigenvalue weighted by molar-refractivity contribution is 14.0. The molecule has 1 aromatic carbocycles. The van der Waals surface area contributed by atoms with Crippen LogP contribution in [-0.4, -0.2) is 27.6 Å². The first kappa shape index (κ1) is 21.9. The molecule has 2 aromatic heterocycles. The maximum absolute atomic E-state index is 12.9. The number of nitrogens with one attached hydrogen (secondary N) is 2. The van der Waals surface area contributed by atoms with E-state index in [1.165, 1.54) is 10.5 Å². The summed E-state index contributed by atoms with van der Waals surface area (Å²) in [7, 11) is 1.62. The average Bonchev–Trinajstić information content (AvgIpc) is 3.07. The van der Waals surface area contributed by atoms with Gasteiger partial charge in [0.1, 0.15) is 0 Å². The van der Waals surface area contributed by atoms with Gasteiger partial charge in [-0.05, 0) is 24.6 Å². The number of aromatic nitrogens is 3. The second-order valence-corrected chi connectivity index (χ2v) is 5.96. The van der Waals surface area contributed by atoms with Crippen LogP contribution < -0.4 is 10.6 Å². The van der Waals surface area contributed by atoms with Gasteiger partial charge in [-0.25, -0.2) is 0 Å². The van der Waals surface area contributed by atoms with Crippen molar-refractivity contribution in [3.63, 3.8) is 0 Å². The zero-order valence-corrected chi connectivity index (χ0v) is 17.6. The van der Waals surface area contributed by atoms with Gasteiger partial charge >= 0.3 is 6.18 Å². The Kier molecular flexibility index (Phi) is 7.22. The number of hydrogen-bond donors (Lipinski definition) is 2. The number of fused-ring (bicyclic) bond motifs is 1. The van der Waals surface area contributed by atoms with Gasteiger partial charge in [-0.15, -0.1) is 34.2 Å². The number of pyridine rings is 1. The van der Waals surface area contributed by atoms with Crippen LogP contribution in [0.2, 0.25) is 0 Å². The molecule has 0 bridgehead atoms. The Hall–Kier alpha value is -2.37. The molecule has 6 nitrogen and oxygen atoms in total. The summed E-state index contributed by atoms with van der Waals surface area (Å²) in [5, 5.41) is 14.1. The normalized spacial score (nSPS) is 13.1. The molecule has 2 N–H and O–H groups in total. The van der Waals surface area contributed by atoms with E-state index in [1.807, 2.05) is 37.3 Å². The number of benzene rings is 1. The molecule has 0 aliphatic rings. The summed E-state index contributed by atoms with van der Waals surface area (Å²) in [5.74, 6) is 0.862. The maximum atomic E-state index is 12.9. The predicted molar refractivity (Wildman–Crippen MR) is 112 cm³/mol. The van der Waals surface area contributed by atoms with Gasteiger partial charge in [0.25, 0.3) is 0 Å². The predicted octanol–water partition coefficient (Wildman–Crippen LogP) is 3.79. The van der Waals surface area contributed by atoms with Crippen molar-refractivity contribution >= 4 is 35.6 Å². The topological polar surface area (TPSA) is 66.6 Å². The maximum Gasteiger partial charge on any atom is 0.417 e. The van der Waals surface area contributed by atoms with Gasteiger partial charge in [-0.3, -0.25) is 9.39 Å². The number of alkyl halides is 3. The molecule has 2 heterocycles. The van der Waals surface area contributed by atoms with E-state index < -0.39 is 11.7 Å². The van der Waals surface area contributed by atoms with Gasteiger partial charge in [0.15, 0.2) is 17.4 Å². The van der Waals surface area contributed by atoms with Crippen LogP contribution in [0.15, 0.2) is 53.7 Å². The van der Waals surface area contributed by atoms with E-state index in [-0.39, 0.29) is 36.6 Å². The second-order valence-electron chi connectivity index (χ2n) is 5.96. The fourth-order valence-corrected chi connectivity index (χ4v) is 2.61. The van der Waals surface area contributed by atoms with Crippen molar-refractivity contribution in [2.24, 2.45) is 4.99 Å². The molecule has 150 valence electrons. The lowest BCUT2D eigenvalue weighted by Gasteiger charge is -2.18. The van der Waals surface area contributed by atoms with Crippen LogP contribution in [0.1, 0.15) is 29.9 Å². The molecular formula is C18H20F3IN6. The first-order valence-corrected chi connectivity index (χ1v) is 8.31. The lowest BCUT2D eigenvalue weighted by atomic mass is 10.1. The smallest absolute Gasteiger partial charge is 0.350 e. The van der Waals surface area contributed by atoms with Crippen molar-refractivity contribution in [1.82, 2.24) is 25.2 Å². The second kappa shape index (κ2) is 9.22. The fraction of sp³-hybridized carbons (Fsp3) is 0.278. The summed E-state index contributed by atoms with van der Waals surface area (Å²) in [6.45, 7) is 2.16. The lowest BCUT2D eigenvalue weighted by Crippen LogP contribution is -2.38.